The molecular weight excluding hydrogens is 778 g/mol. The molecule has 0 bridgehead atoms. The van der Waals surface area contributed by atoms with Crippen molar-refractivity contribution in [2.24, 2.45) is 11.3 Å². The third-order valence-electron chi connectivity index (χ3n) is 13.8. The van der Waals surface area contributed by atoms with Crippen molar-refractivity contribution < 1.29 is 24.0 Å². The van der Waals surface area contributed by atoms with Crippen LogP contribution in [0.3, 0.4) is 0 Å². The highest BCUT2D eigenvalue weighted by Crippen LogP contribution is 2.43. The van der Waals surface area contributed by atoms with Crippen molar-refractivity contribution in [3.05, 3.63) is 99.4 Å². The zero-order valence-electron chi connectivity index (χ0n) is 33.6. The van der Waals surface area contributed by atoms with E-state index in [1.807, 2.05) is 47.4 Å². The van der Waals surface area contributed by atoms with Crippen LogP contribution in [0.25, 0.3) is 4.85 Å². The number of hydrogen-bond donors (Lipinski definition) is 1. The van der Waals surface area contributed by atoms with Crippen LogP contribution in [0.4, 0.5) is 17.1 Å². The van der Waals surface area contributed by atoms with Crippen LogP contribution >= 0.6 is 11.6 Å². The van der Waals surface area contributed by atoms with Crippen LogP contribution in [0.1, 0.15) is 94.4 Å². The molecule has 0 saturated carbocycles. The van der Waals surface area contributed by atoms with Crippen molar-refractivity contribution in [2.45, 2.75) is 69.9 Å². The standard InChI is InChI=1S/C47H48ClN7O5/c1-49-38-12-11-35(29-37(38)48)54-28-21-47(30-54)19-26-53(27-20-47)44(58)33-9-7-31(8-10-33)5-6-32-15-22-51(23-16-32)34-17-24-52(25-18-34)39-4-2-3-36-42(39)46(60)55(45(36)59)40-13-14-41(56)50-43(40)57/h2-4,7-12,29,32,34,40H,13-28,30H2,(H,50,56,57). The van der Waals surface area contributed by atoms with Gasteiger partial charge in [0, 0.05) is 79.5 Å². The number of carbonyl (C=O) groups excluding carboxylic acids is 5. The van der Waals surface area contributed by atoms with Crippen LogP contribution in [-0.2, 0) is 9.59 Å². The van der Waals surface area contributed by atoms with Crippen molar-refractivity contribution >= 4 is 58.2 Å². The first kappa shape index (κ1) is 39.8. The summed E-state index contributed by atoms with van der Waals surface area (Å²) in [5.74, 6) is 5.34. The fourth-order valence-electron chi connectivity index (χ4n) is 10.2. The number of nitrogens with zero attached hydrogens (tertiary/aromatic N) is 6. The number of carbonyl (C=O) groups is 5. The summed E-state index contributed by atoms with van der Waals surface area (Å²) >= 11 is 6.32. The Labute approximate surface area is 355 Å². The molecule has 3 aromatic carbocycles. The van der Waals surface area contributed by atoms with Gasteiger partial charge in [0.1, 0.15) is 6.04 Å². The normalized spacial score (nSPS) is 22.4. The predicted molar refractivity (Wildman–Crippen MR) is 228 cm³/mol. The fourth-order valence-corrected chi connectivity index (χ4v) is 10.5. The molecule has 6 aliphatic heterocycles. The van der Waals surface area contributed by atoms with Gasteiger partial charge in [-0.2, -0.15) is 0 Å². The first-order valence-electron chi connectivity index (χ1n) is 21.3. The molecule has 308 valence electrons. The minimum atomic E-state index is -0.979. The van der Waals surface area contributed by atoms with Crippen LogP contribution < -0.4 is 15.1 Å². The first-order chi connectivity index (χ1) is 29.1. The summed E-state index contributed by atoms with van der Waals surface area (Å²) in [5.41, 5.74) is 4.74. The summed E-state index contributed by atoms with van der Waals surface area (Å²) in [6.07, 6.45) is 7.14. The van der Waals surface area contributed by atoms with Crippen LogP contribution in [0.2, 0.25) is 5.02 Å². The molecule has 5 fully saturated rings. The van der Waals surface area contributed by atoms with Crippen LogP contribution in [0.15, 0.2) is 60.7 Å². The zero-order chi connectivity index (χ0) is 41.5. The van der Waals surface area contributed by atoms with Crippen LogP contribution in [-0.4, -0.2) is 109 Å². The van der Waals surface area contributed by atoms with Gasteiger partial charge in [0.2, 0.25) is 17.5 Å². The van der Waals surface area contributed by atoms with E-state index in [2.05, 4.69) is 36.7 Å². The Morgan fingerprint density at radius 2 is 1.55 bits per heavy atom. The van der Waals surface area contributed by atoms with E-state index < -0.39 is 23.8 Å². The second-order valence-corrected chi connectivity index (χ2v) is 17.6. The lowest BCUT2D eigenvalue weighted by molar-refractivity contribution is -0.136. The molecule has 6 heterocycles. The molecule has 60 heavy (non-hydrogen) atoms. The van der Waals surface area contributed by atoms with Gasteiger partial charge in [-0.3, -0.25) is 34.2 Å². The SMILES string of the molecule is [C-]#[N+]c1ccc(N2CCC3(CCN(C(=O)c4ccc(C#CC5CCN(C6CCN(c7cccc8c7C(=O)N(C7CCC(=O)NC7=O)C8=O)CC6)CC5)cc4)CC3)C2)cc1Cl. The molecule has 5 amide bonds. The van der Waals surface area contributed by atoms with Crippen molar-refractivity contribution in [3.8, 4) is 11.8 Å². The summed E-state index contributed by atoms with van der Waals surface area (Å²) in [6, 6.07) is 18.2. The number of halogens is 1. The largest absolute Gasteiger partial charge is 0.371 e. The molecule has 3 aromatic rings. The molecule has 1 unspecified atom stereocenters. The second kappa shape index (κ2) is 16.4. The molecule has 0 aliphatic carbocycles. The van der Waals surface area contributed by atoms with Gasteiger partial charge in [-0.05, 0) is 118 Å². The zero-order valence-corrected chi connectivity index (χ0v) is 34.4. The molecule has 6 aliphatic rings. The molecule has 1 atom stereocenters. The summed E-state index contributed by atoms with van der Waals surface area (Å²) in [4.78, 5) is 78.4. The number of anilines is 2. The van der Waals surface area contributed by atoms with E-state index >= 15 is 0 Å². The Morgan fingerprint density at radius 3 is 2.25 bits per heavy atom. The quantitative estimate of drug-likeness (QED) is 0.185. The summed E-state index contributed by atoms with van der Waals surface area (Å²) in [5, 5.41) is 2.76. The van der Waals surface area contributed by atoms with E-state index in [0.717, 1.165) is 119 Å². The van der Waals surface area contributed by atoms with Crippen molar-refractivity contribution in [3.63, 3.8) is 0 Å². The van der Waals surface area contributed by atoms with E-state index in [0.29, 0.717) is 39.4 Å². The number of hydrogen-bond acceptors (Lipinski definition) is 8. The Hall–Kier alpha value is -5.69. The van der Waals surface area contributed by atoms with Crippen molar-refractivity contribution in [1.82, 2.24) is 20.0 Å². The number of amides is 5. The van der Waals surface area contributed by atoms with Crippen LogP contribution in [0.5, 0.6) is 0 Å². The van der Waals surface area contributed by atoms with Gasteiger partial charge in [-0.1, -0.05) is 35.6 Å². The number of nitrogens with one attached hydrogen (secondary N) is 1. The number of piperidine rings is 4. The van der Waals surface area contributed by atoms with E-state index in [1.54, 1.807) is 18.2 Å². The molecule has 0 aromatic heterocycles. The minimum Gasteiger partial charge on any atom is -0.371 e. The average molecular weight is 826 g/mol. The third kappa shape index (κ3) is 7.63. The molecule has 9 rings (SSSR count). The van der Waals surface area contributed by atoms with Crippen molar-refractivity contribution in [1.29, 1.82) is 0 Å². The lowest BCUT2D eigenvalue weighted by atomic mass is 9.77. The predicted octanol–water partition coefficient (Wildman–Crippen LogP) is 6.16. The lowest BCUT2D eigenvalue weighted by Gasteiger charge is -2.42. The van der Waals surface area contributed by atoms with Gasteiger partial charge in [0.15, 0.2) is 0 Å². The average Bonchev–Trinajstić information content (AvgIpc) is 3.80. The maximum atomic E-state index is 13.7. The molecular formula is C47H48ClN7O5. The molecule has 1 spiro atoms. The Balaban J connectivity index is 0.729. The van der Waals surface area contributed by atoms with Gasteiger partial charge in [-0.15, -0.1) is 0 Å². The molecule has 1 N–H and O–H groups in total. The van der Waals surface area contributed by atoms with Crippen molar-refractivity contribution in [2.75, 3.05) is 62.2 Å². The Bertz CT molecular complexity index is 2340. The molecule has 5 saturated heterocycles. The van der Waals surface area contributed by atoms with E-state index in [4.69, 9.17) is 18.2 Å². The van der Waals surface area contributed by atoms with Gasteiger partial charge in [-0.25, -0.2) is 4.85 Å². The summed E-state index contributed by atoms with van der Waals surface area (Å²) in [7, 11) is 0. The van der Waals surface area contributed by atoms with E-state index in [-0.39, 0.29) is 30.1 Å². The van der Waals surface area contributed by atoms with Crippen LogP contribution in [0, 0.1) is 29.7 Å². The summed E-state index contributed by atoms with van der Waals surface area (Å²) < 4.78 is 0. The highest BCUT2D eigenvalue weighted by atomic mass is 35.5. The summed E-state index contributed by atoms with van der Waals surface area (Å²) in [6.45, 7) is 14.1. The molecule has 13 heteroatoms. The topological polar surface area (TPSA) is 118 Å². The monoisotopic (exact) mass is 825 g/mol. The minimum absolute atomic E-state index is 0.0756. The van der Waals surface area contributed by atoms with E-state index in [9.17, 15) is 24.0 Å². The molecule has 0 radical (unpaired) electrons. The highest BCUT2D eigenvalue weighted by Gasteiger charge is 2.46. The van der Waals surface area contributed by atoms with Gasteiger partial charge >= 0.3 is 0 Å². The maximum Gasteiger partial charge on any atom is 0.264 e. The first-order valence-corrected chi connectivity index (χ1v) is 21.6. The lowest BCUT2D eigenvalue weighted by Crippen LogP contribution is -2.54. The number of rotatable bonds is 5. The third-order valence-corrected chi connectivity index (χ3v) is 14.1. The Morgan fingerprint density at radius 1 is 0.817 bits per heavy atom. The highest BCUT2D eigenvalue weighted by molar-refractivity contribution is 6.33. The number of fused-ring (bicyclic) bond motifs is 1. The number of imide groups is 2. The second-order valence-electron chi connectivity index (χ2n) is 17.2. The fraction of sp³-hybridized carbons (Fsp3) is 0.447. The van der Waals surface area contributed by atoms with E-state index in [1.165, 1.54) is 0 Å². The van der Waals surface area contributed by atoms with Gasteiger partial charge in [0.05, 0.1) is 23.4 Å². The molecule has 12 nitrogen and oxygen atoms in total. The van der Waals surface area contributed by atoms with Gasteiger partial charge < -0.3 is 19.6 Å². The number of benzene rings is 3. The maximum absolute atomic E-state index is 13.7. The Kier molecular flexibility index (Phi) is 10.9. The number of likely N-dealkylation sites (tertiary alicyclic amines) is 2. The van der Waals surface area contributed by atoms with Gasteiger partial charge in [0.25, 0.3) is 17.7 Å². The smallest absolute Gasteiger partial charge is 0.264 e.